The largest absolute Gasteiger partial charge is 0.488 e. The number of halogens is 3. The molecule has 0 saturated carbocycles. The van der Waals surface area contributed by atoms with Crippen molar-refractivity contribution in [1.82, 2.24) is 0 Å². The van der Waals surface area contributed by atoms with Gasteiger partial charge in [-0.15, -0.1) is 0 Å². The van der Waals surface area contributed by atoms with E-state index in [4.69, 9.17) is 15.9 Å². The lowest BCUT2D eigenvalue weighted by Gasteiger charge is -2.09. The van der Waals surface area contributed by atoms with Gasteiger partial charge in [0.2, 0.25) is 0 Å². The van der Waals surface area contributed by atoms with Gasteiger partial charge in [0.1, 0.15) is 29.8 Å². The minimum Gasteiger partial charge on any atom is -0.488 e. The van der Waals surface area contributed by atoms with Gasteiger partial charge < -0.3 is 10.5 Å². The summed E-state index contributed by atoms with van der Waals surface area (Å²) in [6.07, 6.45) is 0. The molecule has 2 aromatic rings. The summed E-state index contributed by atoms with van der Waals surface area (Å²) in [6.45, 7) is 0.0418. The van der Waals surface area contributed by atoms with E-state index >= 15 is 0 Å². The molecule has 0 heterocycles. The third kappa shape index (κ3) is 3.54. The van der Waals surface area contributed by atoms with Crippen LogP contribution in [0.15, 0.2) is 40.9 Å². The Morgan fingerprint density at radius 1 is 1.15 bits per heavy atom. The number of amidine groups is 1. The van der Waals surface area contributed by atoms with Crippen LogP contribution < -0.4 is 10.5 Å². The van der Waals surface area contributed by atoms with Gasteiger partial charge in [-0.25, -0.2) is 8.78 Å². The quantitative estimate of drug-likeness (QED) is 0.660. The molecule has 0 aromatic heterocycles. The first kappa shape index (κ1) is 14.5. The van der Waals surface area contributed by atoms with Crippen LogP contribution >= 0.6 is 15.9 Å². The van der Waals surface area contributed by atoms with Crippen LogP contribution in [0.3, 0.4) is 0 Å². The lowest BCUT2D eigenvalue weighted by Crippen LogP contribution is -2.12. The third-order valence-corrected chi connectivity index (χ3v) is 3.21. The zero-order valence-corrected chi connectivity index (χ0v) is 11.9. The van der Waals surface area contributed by atoms with Crippen molar-refractivity contribution in [2.45, 2.75) is 6.61 Å². The first-order chi connectivity index (χ1) is 9.45. The van der Waals surface area contributed by atoms with E-state index in [9.17, 15) is 8.78 Å². The van der Waals surface area contributed by atoms with Crippen molar-refractivity contribution in [2.24, 2.45) is 5.73 Å². The van der Waals surface area contributed by atoms with Crippen LogP contribution in [0.5, 0.6) is 5.75 Å². The van der Waals surface area contributed by atoms with Crippen LogP contribution in [0.2, 0.25) is 0 Å². The molecule has 0 aliphatic heterocycles. The van der Waals surface area contributed by atoms with Crippen LogP contribution in [0.4, 0.5) is 8.78 Å². The van der Waals surface area contributed by atoms with Crippen molar-refractivity contribution in [3.63, 3.8) is 0 Å². The molecule has 3 N–H and O–H groups in total. The fourth-order valence-electron chi connectivity index (χ4n) is 1.64. The van der Waals surface area contributed by atoms with E-state index in [0.717, 1.165) is 0 Å². The van der Waals surface area contributed by atoms with Gasteiger partial charge >= 0.3 is 0 Å². The Morgan fingerprint density at radius 3 is 2.60 bits per heavy atom. The number of hydrogen-bond acceptors (Lipinski definition) is 2. The normalized spacial score (nSPS) is 10.3. The predicted octanol–water partition coefficient (Wildman–Crippen LogP) is 3.59. The highest BCUT2D eigenvalue weighted by atomic mass is 79.9. The van der Waals surface area contributed by atoms with Crippen molar-refractivity contribution in [3.8, 4) is 5.75 Å². The molecular weight excluding hydrogens is 330 g/mol. The van der Waals surface area contributed by atoms with Crippen molar-refractivity contribution in [2.75, 3.05) is 0 Å². The molecule has 0 saturated heterocycles. The summed E-state index contributed by atoms with van der Waals surface area (Å²) in [7, 11) is 0. The maximum atomic E-state index is 13.4. The Bertz CT molecular complexity index is 662. The van der Waals surface area contributed by atoms with Gasteiger partial charge in [-0.05, 0) is 51.8 Å². The number of nitrogens with one attached hydrogen (secondary N) is 1. The van der Waals surface area contributed by atoms with Crippen LogP contribution in [-0.4, -0.2) is 5.84 Å². The molecule has 0 bridgehead atoms. The van der Waals surface area contributed by atoms with E-state index in [0.29, 0.717) is 15.8 Å². The average Bonchev–Trinajstić information content (AvgIpc) is 2.39. The summed E-state index contributed by atoms with van der Waals surface area (Å²) in [5.74, 6) is -0.835. The molecule has 0 aliphatic rings. The molecule has 0 spiro atoms. The molecule has 2 aromatic carbocycles. The lowest BCUT2D eigenvalue weighted by atomic mass is 10.1. The summed E-state index contributed by atoms with van der Waals surface area (Å²) in [4.78, 5) is 0. The first-order valence-corrected chi connectivity index (χ1v) is 6.47. The second-order valence-corrected chi connectivity index (χ2v) is 4.98. The van der Waals surface area contributed by atoms with Gasteiger partial charge in [-0.3, -0.25) is 5.41 Å². The SMILES string of the molecule is N=C(N)c1cc(F)cc(COc2cc(F)ccc2Br)c1. The smallest absolute Gasteiger partial charge is 0.136 e. The van der Waals surface area contributed by atoms with E-state index < -0.39 is 11.6 Å². The van der Waals surface area contributed by atoms with Gasteiger partial charge in [-0.1, -0.05) is 0 Å². The Hall–Kier alpha value is -1.95. The van der Waals surface area contributed by atoms with Crippen molar-refractivity contribution < 1.29 is 13.5 Å². The number of rotatable bonds is 4. The molecule has 0 amide bonds. The van der Waals surface area contributed by atoms with E-state index in [-0.39, 0.29) is 18.0 Å². The number of hydrogen-bond donors (Lipinski definition) is 2. The standard InChI is InChI=1S/C14H11BrF2N2O/c15-12-2-1-10(16)6-13(12)20-7-8-3-9(14(18)19)5-11(17)4-8/h1-6H,7H2,(H3,18,19). The summed E-state index contributed by atoms with van der Waals surface area (Å²) in [5, 5.41) is 7.30. The average molecular weight is 341 g/mol. The maximum Gasteiger partial charge on any atom is 0.136 e. The predicted molar refractivity (Wildman–Crippen MR) is 75.8 cm³/mol. The van der Waals surface area contributed by atoms with E-state index in [1.807, 2.05) is 0 Å². The van der Waals surface area contributed by atoms with Crippen molar-refractivity contribution >= 4 is 21.8 Å². The van der Waals surface area contributed by atoms with Gasteiger partial charge in [0.25, 0.3) is 0 Å². The fourth-order valence-corrected chi connectivity index (χ4v) is 2.00. The molecule has 20 heavy (non-hydrogen) atoms. The second-order valence-electron chi connectivity index (χ2n) is 4.13. The number of nitrogen functional groups attached to an aromatic ring is 1. The highest BCUT2D eigenvalue weighted by molar-refractivity contribution is 9.10. The van der Waals surface area contributed by atoms with Gasteiger partial charge in [0.15, 0.2) is 0 Å². The molecule has 6 heteroatoms. The molecular formula is C14H11BrF2N2O. The zero-order valence-electron chi connectivity index (χ0n) is 10.3. The van der Waals surface area contributed by atoms with Crippen molar-refractivity contribution in [1.29, 1.82) is 5.41 Å². The molecule has 0 unspecified atom stereocenters. The highest BCUT2D eigenvalue weighted by Gasteiger charge is 2.06. The van der Waals surface area contributed by atoms with Gasteiger partial charge in [-0.2, -0.15) is 0 Å². The molecule has 0 fully saturated rings. The maximum absolute atomic E-state index is 13.4. The summed E-state index contributed by atoms with van der Waals surface area (Å²) in [5.41, 5.74) is 6.11. The second kappa shape index (κ2) is 6.00. The van der Waals surface area contributed by atoms with Gasteiger partial charge in [0, 0.05) is 11.6 Å². The Labute approximate surface area is 123 Å². The Kier molecular flexibility index (Phi) is 4.34. The van der Waals surface area contributed by atoms with E-state index in [1.165, 1.54) is 30.3 Å². The molecule has 0 atom stereocenters. The summed E-state index contributed by atoms with van der Waals surface area (Å²) in [6, 6.07) is 8.06. The molecule has 104 valence electrons. The summed E-state index contributed by atoms with van der Waals surface area (Å²) < 4.78 is 32.5. The molecule has 0 radical (unpaired) electrons. The topological polar surface area (TPSA) is 59.1 Å². The van der Waals surface area contributed by atoms with E-state index in [1.54, 1.807) is 6.07 Å². The highest BCUT2D eigenvalue weighted by Crippen LogP contribution is 2.26. The fraction of sp³-hybridized carbons (Fsp3) is 0.0714. The number of benzene rings is 2. The molecule has 2 rings (SSSR count). The monoisotopic (exact) mass is 340 g/mol. The van der Waals surface area contributed by atoms with Crippen LogP contribution in [0, 0.1) is 17.0 Å². The minimum absolute atomic E-state index is 0.0418. The zero-order chi connectivity index (χ0) is 14.7. The minimum atomic E-state index is -0.505. The van der Waals surface area contributed by atoms with Crippen molar-refractivity contribution in [3.05, 3.63) is 63.6 Å². The first-order valence-electron chi connectivity index (χ1n) is 5.67. The van der Waals surface area contributed by atoms with E-state index in [2.05, 4.69) is 15.9 Å². The van der Waals surface area contributed by atoms with Crippen LogP contribution in [0.25, 0.3) is 0 Å². The van der Waals surface area contributed by atoms with Crippen LogP contribution in [0.1, 0.15) is 11.1 Å². The Morgan fingerprint density at radius 2 is 1.90 bits per heavy atom. The number of nitrogens with two attached hydrogens (primary N) is 1. The molecule has 0 aliphatic carbocycles. The third-order valence-electron chi connectivity index (χ3n) is 2.56. The lowest BCUT2D eigenvalue weighted by molar-refractivity contribution is 0.302. The molecule has 3 nitrogen and oxygen atoms in total. The Balaban J connectivity index is 2.18. The van der Waals surface area contributed by atoms with Crippen LogP contribution in [-0.2, 0) is 6.61 Å². The van der Waals surface area contributed by atoms with Gasteiger partial charge in [0.05, 0.1) is 4.47 Å². The number of ether oxygens (including phenoxy) is 1. The summed E-state index contributed by atoms with van der Waals surface area (Å²) >= 11 is 3.24.